The summed E-state index contributed by atoms with van der Waals surface area (Å²) >= 11 is 5.98. The number of amides is 1. The maximum absolute atomic E-state index is 12.6. The number of benzene rings is 2. The van der Waals surface area contributed by atoms with Crippen LogP contribution in [-0.2, 0) is 0 Å². The van der Waals surface area contributed by atoms with Gasteiger partial charge in [-0.25, -0.2) is 9.97 Å². The van der Waals surface area contributed by atoms with Gasteiger partial charge in [-0.1, -0.05) is 23.7 Å². The minimum Gasteiger partial charge on any atom is -0.492 e. The first-order valence-corrected chi connectivity index (χ1v) is 8.83. The van der Waals surface area contributed by atoms with Crippen LogP contribution in [0, 0.1) is 6.92 Å². The van der Waals surface area contributed by atoms with E-state index >= 15 is 0 Å². The van der Waals surface area contributed by atoms with Gasteiger partial charge in [0.25, 0.3) is 5.91 Å². The first-order chi connectivity index (χ1) is 13.1. The van der Waals surface area contributed by atoms with Crippen LogP contribution in [0.4, 0.5) is 17.2 Å². The van der Waals surface area contributed by atoms with E-state index in [1.807, 2.05) is 38.1 Å². The predicted molar refractivity (Wildman–Crippen MR) is 107 cm³/mol. The Morgan fingerprint density at radius 1 is 1.11 bits per heavy atom. The lowest BCUT2D eigenvalue weighted by atomic mass is 10.2. The minimum absolute atomic E-state index is 0.241. The lowest BCUT2D eigenvalue weighted by molar-refractivity contribution is 0.102. The zero-order valence-electron chi connectivity index (χ0n) is 15.0. The third kappa shape index (κ3) is 4.74. The van der Waals surface area contributed by atoms with Crippen LogP contribution in [-0.4, -0.2) is 22.5 Å². The van der Waals surface area contributed by atoms with Crippen LogP contribution in [0.2, 0.25) is 5.02 Å². The van der Waals surface area contributed by atoms with E-state index in [9.17, 15) is 4.79 Å². The molecule has 0 saturated heterocycles. The lowest BCUT2D eigenvalue weighted by Crippen LogP contribution is -2.15. The Morgan fingerprint density at radius 3 is 2.70 bits per heavy atom. The summed E-state index contributed by atoms with van der Waals surface area (Å²) in [6.07, 6.45) is 1.34. The fourth-order valence-corrected chi connectivity index (χ4v) is 2.72. The van der Waals surface area contributed by atoms with Crippen LogP contribution in [0.5, 0.6) is 5.75 Å². The average Bonchev–Trinajstić information content (AvgIpc) is 2.66. The molecule has 0 bridgehead atoms. The van der Waals surface area contributed by atoms with E-state index in [2.05, 4.69) is 20.6 Å². The number of ether oxygens (including phenoxy) is 1. The smallest absolute Gasteiger partial charge is 0.274 e. The van der Waals surface area contributed by atoms with Crippen molar-refractivity contribution < 1.29 is 9.53 Å². The quantitative estimate of drug-likeness (QED) is 0.638. The van der Waals surface area contributed by atoms with Gasteiger partial charge in [-0.05, 0) is 49.7 Å². The highest BCUT2D eigenvalue weighted by Crippen LogP contribution is 2.25. The molecule has 1 aromatic heterocycles. The third-order valence-corrected chi connectivity index (χ3v) is 4.02. The maximum atomic E-state index is 12.6. The summed E-state index contributed by atoms with van der Waals surface area (Å²) in [5.41, 5.74) is 2.65. The van der Waals surface area contributed by atoms with Gasteiger partial charge in [0.05, 0.1) is 12.3 Å². The molecule has 0 unspecified atom stereocenters. The number of para-hydroxylation sites is 2. The van der Waals surface area contributed by atoms with Crippen molar-refractivity contribution in [3.8, 4) is 5.75 Å². The number of nitrogens with one attached hydrogen (secondary N) is 2. The number of halogens is 1. The Bertz CT molecular complexity index is 962. The second-order valence-corrected chi connectivity index (χ2v) is 6.19. The van der Waals surface area contributed by atoms with Gasteiger partial charge in [-0.3, -0.25) is 4.79 Å². The molecule has 0 aliphatic rings. The Morgan fingerprint density at radius 2 is 1.93 bits per heavy atom. The van der Waals surface area contributed by atoms with E-state index in [-0.39, 0.29) is 11.6 Å². The molecule has 2 aromatic carbocycles. The molecule has 6 nitrogen and oxygen atoms in total. The Kier molecular flexibility index (Phi) is 5.88. The van der Waals surface area contributed by atoms with Crippen molar-refractivity contribution in [2.45, 2.75) is 13.8 Å². The largest absolute Gasteiger partial charge is 0.492 e. The first-order valence-electron chi connectivity index (χ1n) is 8.45. The summed E-state index contributed by atoms with van der Waals surface area (Å²) in [4.78, 5) is 20.8. The number of hydrogen-bond donors (Lipinski definition) is 2. The van der Waals surface area contributed by atoms with Crippen molar-refractivity contribution in [1.29, 1.82) is 0 Å². The Hall–Kier alpha value is -3.12. The van der Waals surface area contributed by atoms with Crippen molar-refractivity contribution in [2.75, 3.05) is 17.2 Å². The van der Waals surface area contributed by atoms with E-state index in [4.69, 9.17) is 16.3 Å². The SMILES string of the molecule is CCOc1ccccc1NC(=O)c1cc(Nc2ccc(Cl)cc2C)ncn1. The molecule has 27 heavy (non-hydrogen) atoms. The van der Waals surface area contributed by atoms with Gasteiger partial charge in [0.1, 0.15) is 23.6 Å². The number of nitrogens with zero attached hydrogens (tertiary/aromatic N) is 2. The molecule has 0 spiro atoms. The second-order valence-electron chi connectivity index (χ2n) is 5.76. The van der Waals surface area contributed by atoms with Gasteiger partial charge in [-0.15, -0.1) is 0 Å². The van der Waals surface area contributed by atoms with Gasteiger partial charge in [-0.2, -0.15) is 0 Å². The van der Waals surface area contributed by atoms with E-state index in [1.165, 1.54) is 6.33 Å². The van der Waals surface area contributed by atoms with Crippen molar-refractivity contribution in [1.82, 2.24) is 9.97 Å². The fraction of sp³-hybridized carbons (Fsp3) is 0.150. The van der Waals surface area contributed by atoms with Gasteiger partial charge in [0.15, 0.2) is 0 Å². The Labute approximate surface area is 162 Å². The fourth-order valence-electron chi connectivity index (χ4n) is 2.49. The van der Waals surface area contributed by atoms with Crippen molar-refractivity contribution in [3.63, 3.8) is 0 Å². The van der Waals surface area contributed by atoms with E-state index in [0.717, 1.165) is 11.3 Å². The molecule has 7 heteroatoms. The molecule has 0 fully saturated rings. The Balaban J connectivity index is 1.78. The van der Waals surface area contributed by atoms with Crippen molar-refractivity contribution >= 4 is 34.7 Å². The molecule has 3 rings (SSSR count). The molecule has 0 saturated carbocycles. The molecule has 0 radical (unpaired) electrons. The van der Waals surface area contributed by atoms with Gasteiger partial charge in [0, 0.05) is 16.8 Å². The number of carbonyl (C=O) groups excluding carboxylic acids is 1. The topological polar surface area (TPSA) is 76.1 Å². The van der Waals surface area contributed by atoms with Crippen LogP contribution >= 0.6 is 11.6 Å². The maximum Gasteiger partial charge on any atom is 0.274 e. The summed E-state index contributed by atoms with van der Waals surface area (Å²) < 4.78 is 5.53. The summed E-state index contributed by atoms with van der Waals surface area (Å²) in [5, 5.41) is 6.66. The zero-order chi connectivity index (χ0) is 19.2. The third-order valence-electron chi connectivity index (χ3n) is 3.79. The number of carbonyl (C=O) groups is 1. The van der Waals surface area contributed by atoms with E-state index in [1.54, 1.807) is 24.3 Å². The molecule has 0 aliphatic heterocycles. The van der Waals surface area contributed by atoms with E-state index < -0.39 is 0 Å². The number of hydrogen-bond acceptors (Lipinski definition) is 5. The summed E-state index contributed by atoms with van der Waals surface area (Å²) in [6, 6.07) is 14.3. The van der Waals surface area contributed by atoms with Crippen LogP contribution in [0.25, 0.3) is 0 Å². The molecular weight excluding hydrogens is 364 g/mol. The zero-order valence-corrected chi connectivity index (χ0v) is 15.7. The molecule has 0 aliphatic carbocycles. The van der Waals surface area contributed by atoms with E-state index in [0.29, 0.717) is 28.9 Å². The molecule has 1 amide bonds. The average molecular weight is 383 g/mol. The molecule has 138 valence electrons. The summed E-state index contributed by atoms with van der Waals surface area (Å²) in [5.74, 6) is 0.775. The molecule has 1 heterocycles. The number of anilines is 3. The normalized spacial score (nSPS) is 10.3. The van der Waals surface area contributed by atoms with Gasteiger partial charge < -0.3 is 15.4 Å². The molecule has 2 N–H and O–H groups in total. The molecule has 3 aromatic rings. The highest BCUT2D eigenvalue weighted by molar-refractivity contribution is 6.30. The second kappa shape index (κ2) is 8.51. The highest BCUT2D eigenvalue weighted by Gasteiger charge is 2.12. The number of aromatic nitrogens is 2. The minimum atomic E-state index is -0.347. The van der Waals surface area contributed by atoms with Gasteiger partial charge >= 0.3 is 0 Å². The molecule has 0 atom stereocenters. The van der Waals surface area contributed by atoms with Crippen LogP contribution in [0.1, 0.15) is 23.0 Å². The number of aryl methyl sites for hydroxylation is 1. The van der Waals surface area contributed by atoms with Crippen LogP contribution < -0.4 is 15.4 Å². The summed E-state index contributed by atoms with van der Waals surface area (Å²) in [7, 11) is 0. The van der Waals surface area contributed by atoms with Crippen LogP contribution in [0.15, 0.2) is 54.9 Å². The molecular formula is C20H19ClN4O2. The first kappa shape index (κ1) is 18.7. The standard InChI is InChI=1S/C20H19ClN4O2/c1-3-27-18-7-5-4-6-16(18)25-20(26)17-11-19(23-12-22-17)24-15-9-8-14(21)10-13(15)2/h4-12H,3H2,1-2H3,(H,25,26)(H,22,23,24). The number of rotatable bonds is 6. The lowest BCUT2D eigenvalue weighted by Gasteiger charge is -2.12. The van der Waals surface area contributed by atoms with Crippen molar-refractivity contribution in [2.24, 2.45) is 0 Å². The van der Waals surface area contributed by atoms with Crippen molar-refractivity contribution in [3.05, 3.63) is 71.1 Å². The monoisotopic (exact) mass is 382 g/mol. The summed E-state index contributed by atoms with van der Waals surface area (Å²) in [6.45, 7) is 4.34. The predicted octanol–water partition coefficient (Wildman–Crippen LogP) is 4.83. The van der Waals surface area contributed by atoms with Gasteiger partial charge in [0.2, 0.25) is 0 Å². The highest BCUT2D eigenvalue weighted by atomic mass is 35.5. The van der Waals surface area contributed by atoms with Crippen LogP contribution in [0.3, 0.4) is 0 Å².